The minimum atomic E-state index is -0.0690. The Labute approximate surface area is 296 Å². The summed E-state index contributed by atoms with van der Waals surface area (Å²) in [5, 5.41) is 0. The summed E-state index contributed by atoms with van der Waals surface area (Å²) in [6.07, 6.45) is 7.07. The number of rotatable bonds is 4. The van der Waals surface area contributed by atoms with Crippen LogP contribution in [0, 0.1) is 23.7 Å². The van der Waals surface area contributed by atoms with Crippen molar-refractivity contribution in [3.8, 4) is 33.4 Å². The van der Waals surface area contributed by atoms with Crippen LogP contribution in [0.1, 0.15) is 68.2 Å². The molecule has 1 heteroatoms. The van der Waals surface area contributed by atoms with E-state index in [1.807, 2.05) is 0 Å². The summed E-state index contributed by atoms with van der Waals surface area (Å²) in [7, 11) is 0. The molecule has 0 aliphatic heterocycles. The molecule has 12 rings (SSSR count). The average molecular weight is 646 g/mol. The quantitative estimate of drug-likeness (QED) is 0.184. The summed E-state index contributed by atoms with van der Waals surface area (Å²) in [5.41, 5.74) is 18.0. The van der Waals surface area contributed by atoms with Gasteiger partial charge in [-0.25, -0.2) is 0 Å². The number of nitrogens with zero attached hydrogens (tertiary/aromatic N) is 1. The van der Waals surface area contributed by atoms with E-state index in [0.717, 1.165) is 23.7 Å². The van der Waals surface area contributed by atoms with Crippen molar-refractivity contribution < 1.29 is 0 Å². The van der Waals surface area contributed by atoms with Crippen molar-refractivity contribution >= 4 is 17.1 Å². The highest BCUT2D eigenvalue weighted by atomic mass is 15.1. The minimum absolute atomic E-state index is 0.0690. The van der Waals surface area contributed by atoms with Gasteiger partial charge in [-0.3, -0.25) is 0 Å². The lowest BCUT2D eigenvalue weighted by Crippen LogP contribution is -2.55. The van der Waals surface area contributed by atoms with Crippen molar-refractivity contribution in [2.24, 2.45) is 23.7 Å². The van der Waals surface area contributed by atoms with Gasteiger partial charge >= 0.3 is 0 Å². The lowest BCUT2D eigenvalue weighted by atomic mass is 9.43. The molecule has 0 amide bonds. The summed E-state index contributed by atoms with van der Waals surface area (Å²) in [4.78, 5) is 2.58. The highest BCUT2D eigenvalue weighted by Gasteiger charge is 2.61. The highest BCUT2D eigenvalue weighted by Crippen LogP contribution is 2.70. The van der Waals surface area contributed by atoms with Crippen LogP contribution in [-0.2, 0) is 10.8 Å². The molecule has 0 aromatic heterocycles. The van der Waals surface area contributed by atoms with Crippen LogP contribution in [-0.4, -0.2) is 0 Å². The van der Waals surface area contributed by atoms with Crippen LogP contribution >= 0.6 is 0 Å². The molecule has 0 unspecified atom stereocenters. The van der Waals surface area contributed by atoms with Gasteiger partial charge in [0.25, 0.3) is 0 Å². The van der Waals surface area contributed by atoms with E-state index in [2.05, 4.69) is 158 Å². The van der Waals surface area contributed by atoms with Crippen molar-refractivity contribution in [3.63, 3.8) is 0 Å². The van der Waals surface area contributed by atoms with Crippen molar-refractivity contribution in [1.29, 1.82) is 0 Å². The highest BCUT2D eigenvalue weighted by molar-refractivity contribution is 5.96. The van der Waals surface area contributed by atoms with E-state index < -0.39 is 0 Å². The van der Waals surface area contributed by atoms with Gasteiger partial charge in [-0.1, -0.05) is 123 Å². The molecular formula is C49H43N. The Kier molecular flexibility index (Phi) is 5.97. The van der Waals surface area contributed by atoms with E-state index >= 15 is 0 Å². The first-order valence-corrected chi connectivity index (χ1v) is 18.9. The zero-order valence-electron chi connectivity index (χ0n) is 29.1. The van der Waals surface area contributed by atoms with Gasteiger partial charge < -0.3 is 4.90 Å². The van der Waals surface area contributed by atoms with Gasteiger partial charge in [0.2, 0.25) is 0 Å². The summed E-state index contributed by atoms with van der Waals surface area (Å²) in [6.45, 7) is 4.79. The van der Waals surface area contributed by atoms with Crippen molar-refractivity contribution in [3.05, 3.63) is 162 Å². The van der Waals surface area contributed by atoms with Gasteiger partial charge in [-0.15, -0.1) is 0 Å². The molecule has 0 N–H and O–H groups in total. The lowest BCUT2D eigenvalue weighted by Gasteiger charge is -2.61. The smallest absolute Gasteiger partial charge is 0.0543 e. The third-order valence-electron chi connectivity index (χ3n) is 13.9. The summed E-state index contributed by atoms with van der Waals surface area (Å²) >= 11 is 0. The first-order valence-electron chi connectivity index (χ1n) is 18.9. The molecule has 6 aromatic carbocycles. The first-order chi connectivity index (χ1) is 24.5. The van der Waals surface area contributed by atoms with Crippen LogP contribution in [0.2, 0.25) is 0 Å². The molecule has 6 aliphatic carbocycles. The number of hydrogen-bond donors (Lipinski definition) is 0. The number of fused-ring (bicyclic) bond motifs is 6. The van der Waals surface area contributed by atoms with Crippen molar-refractivity contribution in [1.82, 2.24) is 0 Å². The summed E-state index contributed by atoms with van der Waals surface area (Å²) in [6, 6.07) is 53.2. The predicted octanol–water partition coefficient (Wildman–Crippen LogP) is 12.9. The number of benzene rings is 6. The van der Waals surface area contributed by atoms with Crippen LogP contribution in [0.5, 0.6) is 0 Å². The molecule has 4 fully saturated rings. The molecule has 0 heterocycles. The Morgan fingerprint density at radius 1 is 0.460 bits per heavy atom. The molecule has 0 radical (unpaired) electrons. The van der Waals surface area contributed by atoms with E-state index in [4.69, 9.17) is 0 Å². The van der Waals surface area contributed by atoms with Crippen LogP contribution in [0.25, 0.3) is 33.4 Å². The van der Waals surface area contributed by atoms with Crippen LogP contribution in [0.3, 0.4) is 0 Å². The zero-order chi connectivity index (χ0) is 33.2. The zero-order valence-corrected chi connectivity index (χ0v) is 29.1. The van der Waals surface area contributed by atoms with Crippen LogP contribution in [0.4, 0.5) is 17.1 Å². The topological polar surface area (TPSA) is 3.24 Å². The molecule has 0 atom stereocenters. The van der Waals surface area contributed by atoms with Gasteiger partial charge in [-0.05, 0) is 136 Å². The molecule has 1 spiro atoms. The third-order valence-corrected chi connectivity index (χ3v) is 13.9. The third kappa shape index (κ3) is 3.79. The Hall–Kier alpha value is -4.88. The fourth-order valence-corrected chi connectivity index (χ4v) is 12.1. The summed E-state index contributed by atoms with van der Waals surface area (Å²) < 4.78 is 0. The van der Waals surface area contributed by atoms with E-state index in [1.165, 1.54) is 93.7 Å². The second kappa shape index (κ2) is 10.3. The minimum Gasteiger partial charge on any atom is -0.310 e. The molecule has 1 nitrogen and oxygen atoms in total. The second-order valence-corrected chi connectivity index (χ2v) is 16.6. The van der Waals surface area contributed by atoms with Gasteiger partial charge in [0.05, 0.1) is 5.69 Å². The SMILES string of the molecule is CC1(C)c2ccccc2-c2ccc(N(c3ccc(-c4ccccc4)cc3)c3cccc4c3-c3ccccc3C43C4CC5CC(C4)CC3C5)cc21. The molecule has 0 saturated heterocycles. The fraction of sp³-hybridized carbons (Fsp3) is 0.265. The van der Waals surface area contributed by atoms with Gasteiger partial charge in [0.1, 0.15) is 0 Å². The van der Waals surface area contributed by atoms with E-state index in [1.54, 1.807) is 11.1 Å². The lowest BCUT2D eigenvalue weighted by molar-refractivity contribution is -0.0399. The van der Waals surface area contributed by atoms with Gasteiger partial charge in [0.15, 0.2) is 0 Å². The summed E-state index contributed by atoms with van der Waals surface area (Å²) in [5.74, 6) is 3.35. The van der Waals surface area contributed by atoms with E-state index in [-0.39, 0.29) is 10.8 Å². The van der Waals surface area contributed by atoms with Crippen LogP contribution < -0.4 is 4.90 Å². The molecule has 244 valence electrons. The molecule has 6 aromatic rings. The molecule has 6 aliphatic rings. The van der Waals surface area contributed by atoms with Gasteiger partial charge in [-0.2, -0.15) is 0 Å². The van der Waals surface area contributed by atoms with Gasteiger partial charge in [0, 0.05) is 27.8 Å². The number of anilines is 3. The molecule has 4 saturated carbocycles. The van der Waals surface area contributed by atoms with Crippen molar-refractivity contribution in [2.75, 3.05) is 4.90 Å². The first kappa shape index (κ1) is 28.9. The fourth-order valence-electron chi connectivity index (χ4n) is 12.1. The largest absolute Gasteiger partial charge is 0.310 e. The second-order valence-electron chi connectivity index (χ2n) is 16.6. The van der Waals surface area contributed by atoms with E-state index in [0.29, 0.717) is 0 Å². The Balaban J connectivity index is 1.14. The Morgan fingerprint density at radius 2 is 1.04 bits per heavy atom. The molecular weight excluding hydrogens is 603 g/mol. The normalized spacial score (nSPS) is 25.6. The maximum atomic E-state index is 2.58. The molecule has 50 heavy (non-hydrogen) atoms. The Morgan fingerprint density at radius 3 is 1.78 bits per heavy atom. The maximum Gasteiger partial charge on any atom is 0.0543 e. The molecule has 4 bridgehead atoms. The maximum absolute atomic E-state index is 2.58. The van der Waals surface area contributed by atoms with E-state index in [9.17, 15) is 0 Å². The standard InChI is InChI=1S/C49H43N/c1-48(2)42-15-8-6-13-39(42)40-24-23-38(30-45(40)48)50(37-21-19-34(20-22-37)33-11-4-3-5-12-33)46-18-10-17-44-47(46)41-14-7-9-16-43(41)49(44)35-26-31-25-32(28-35)29-36(49)27-31/h3-24,30-32,35-36H,25-29H2,1-2H3. The van der Waals surface area contributed by atoms with Crippen molar-refractivity contribution in [2.45, 2.75) is 56.8 Å². The number of hydrogen-bond acceptors (Lipinski definition) is 1. The van der Waals surface area contributed by atoms with Crippen LogP contribution in [0.15, 0.2) is 140 Å². The monoisotopic (exact) mass is 645 g/mol. The average Bonchev–Trinajstić information content (AvgIpc) is 3.58. The Bertz CT molecular complexity index is 2280. The predicted molar refractivity (Wildman–Crippen MR) is 207 cm³/mol.